The third kappa shape index (κ3) is 4.53. The average Bonchev–Trinajstić information content (AvgIpc) is 3.17. The normalized spacial score (nSPS) is 13.6. The first-order valence-electron chi connectivity index (χ1n) is 9.76. The molecule has 3 N–H and O–H groups in total. The van der Waals surface area contributed by atoms with Crippen LogP contribution < -0.4 is 11.1 Å². The van der Waals surface area contributed by atoms with E-state index in [1.807, 2.05) is 54.6 Å². The van der Waals surface area contributed by atoms with Gasteiger partial charge in [0.25, 0.3) is 5.91 Å². The Morgan fingerprint density at radius 3 is 2.50 bits per heavy atom. The first kappa shape index (κ1) is 20.1. The summed E-state index contributed by atoms with van der Waals surface area (Å²) in [6.45, 7) is 0.997. The lowest BCUT2D eigenvalue weighted by molar-refractivity contribution is -0.133. The van der Waals surface area contributed by atoms with Gasteiger partial charge in [-0.2, -0.15) is 0 Å². The number of benzene rings is 3. The lowest BCUT2D eigenvalue weighted by atomic mass is 10.1. The molecule has 4 rings (SSSR count). The number of fused-ring (bicyclic) bond motifs is 1. The Balaban J connectivity index is 1.40. The van der Waals surface area contributed by atoms with Crippen LogP contribution in [0.4, 0.5) is 5.69 Å². The number of halogens is 1. The van der Waals surface area contributed by atoms with Crippen LogP contribution in [0.2, 0.25) is 5.02 Å². The molecule has 152 valence electrons. The maximum absolute atomic E-state index is 12.8. The molecule has 0 spiro atoms. The van der Waals surface area contributed by atoms with Crippen LogP contribution in [0, 0.1) is 0 Å². The van der Waals surface area contributed by atoms with Gasteiger partial charge in [0.2, 0.25) is 5.91 Å². The van der Waals surface area contributed by atoms with Gasteiger partial charge in [-0.25, -0.2) is 0 Å². The Morgan fingerprint density at radius 2 is 1.73 bits per heavy atom. The summed E-state index contributed by atoms with van der Waals surface area (Å²) in [4.78, 5) is 27.0. The van der Waals surface area contributed by atoms with E-state index in [0.717, 1.165) is 16.7 Å². The van der Waals surface area contributed by atoms with Crippen molar-refractivity contribution in [2.24, 2.45) is 5.73 Å². The van der Waals surface area contributed by atoms with Gasteiger partial charge in [-0.05, 0) is 59.5 Å². The number of anilines is 1. The van der Waals surface area contributed by atoms with Crippen LogP contribution in [-0.4, -0.2) is 22.8 Å². The van der Waals surface area contributed by atoms with Gasteiger partial charge in [-0.1, -0.05) is 48.0 Å². The quantitative estimate of drug-likeness (QED) is 0.656. The van der Waals surface area contributed by atoms with Crippen molar-refractivity contribution in [3.8, 4) is 0 Å². The van der Waals surface area contributed by atoms with E-state index in [-0.39, 0.29) is 11.8 Å². The van der Waals surface area contributed by atoms with Crippen LogP contribution in [-0.2, 0) is 24.3 Å². The molecule has 1 heterocycles. The zero-order chi connectivity index (χ0) is 21.1. The Labute approximate surface area is 180 Å². The van der Waals surface area contributed by atoms with Crippen LogP contribution in [0.1, 0.15) is 27.0 Å². The number of hydrogen-bond donors (Lipinski definition) is 2. The van der Waals surface area contributed by atoms with Gasteiger partial charge in [0.1, 0.15) is 0 Å². The first-order chi connectivity index (χ1) is 14.5. The molecule has 2 amide bonds. The molecular formula is C24H22ClN3O2. The molecule has 0 saturated heterocycles. The van der Waals surface area contributed by atoms with Gasteiger partial charge in [-0.3, -0.25) is 9.59 Å². The highest BCUT2D eigenvalue weighted by molar-refractivity contribution is 6.30. The van der Waals surface area contributed by atoms with E-state index in [4.69, 9.17) is 17.3 Å². The van der Waals surface area contributed by atoms with Crippen LogP contribution in [0.5, 0.6) is 0 Å². The van der Waals surface area contributed by atoms with Gasteiger partial charge in [-0.15, -0.1) is 0 Å². The van der Waals surface area contributed by atoms with E-state index >= 15 is 0 Å². The molecule has 1 aliphatic heterocycles. The zero-order valence-electron chi connectivity index (χ0n) is 16.3. The SMILES string of the molecule is NC(Cc1cccc(Cl)c1)C(=O)N1Cc2ccc(NC(=O)c3ccccc3)cc2C1. The van der Waals surface area contributed by atoms with Crippen LogP contribution in [0.15, 0.2) is 72.8 Å². The van der Waals surface area contributed by atoms with Gasteiger partial charge >= 0.3 is 0 Å². The van der Waals surface area contributed by atoms with E-state index in [1.54, 1.807) is 23.1 Å². The molecule has 0 radical (unpaired) electrons. The van der Waals surface area contributed by atoms with Gasteiger partial charge in [0.15, 0.2) is 0 Å². The molecule has 1 unspecified atom stereocenters. The van der Waals surface area contributed by atoms with E-state index in [1.165, 1.54) is 0 Å². The fourth-order valence-electron chi connectivity index (χ4n) is 3.66. The highest BCUT2D eigenvalue weighted by Crippen LogP contribution is 2.27. The summed E-state index contributed by atoms with van der Waals surface area (Å²) in [5.41, 5.74) is 10.5. The summed E-state index contributed by atoms with van der Waals surface area (Å²) in [5.74, 6) is -0.258. The van der Waals surface area contributed by atoms with Crippen molar-refractivity contribution in [1.82, 2.24) is 4.90 Å². The Morgan fingerprint density at radius 1 is 0.967 bits per heavy atom. The van der Waals surface area contributed by atoms with Crippen molar-refractivity contribution in [1.29, 1.82) is 0 Å². The van der Waals surface area contributed by atoms with Crippen molar-refractivity contribution in [3.63, 3.8) is 0 Å². The number of nitrogens with one attached hydrogen (secondary N) is 1. The minimum atomic E-state index is -0.630. The van der Waals surface area contributed by atoms with E-state index in [9.17, 15) is 9.59 Å². The number of amides is 2. The zero-order valence-corrected chi connectivity index (χ0v) is 17.1. The highest BCUT2D eigenvalue weighted by Gasteiger charge is 2.27. The number of carbonyl (C=O) groups is 2. The van der Waals surface area contributed by atoms with Crippen molar-refractivity contribution in [2.75, 3.05) is 5.32 Å². The summed E-state index contributed by atoms with van der Waals surface area (Å²) in [7, 11) is 0. The molecular weight excluding hydrogens is 398 g/mol. The summed E-state index contributed by atoms with van der Waals surface area (Å²) in [5, 5.41) is 3.54. The fourth-order valence-corrected chi connectivity index (χ4v) is 3.87. The first-order valence-corrected chi connectivity index (χ1v) is 10.1. The Kier molecular flexibility index (Phi) is 5.84. The van der Waals surface area contributed by atoms with Crippen molar-refractivity contribution >= 4 is 29.1 Å². The topological polar surface area (TPSA) is 75.4 Å². The molecule has 3 aromatic rings. The summed E-state index contributed by atoms with van der Waals surface area (Å²) >= 11 is 6.02. The van der Waals surface area contributed by atoms with Crippen molar-refractivity contribution in [3.05, 3.63) is 100 Å². The highest BCUT2D eigenvalue weighted by atomic mass is 35.5. The maximum Gasteiger partial charge on any atom is 0.255 e. The average molecular weight is 420 g/mol. The van der Waals surface area contributed by atoms with E-state index in [0.29, 0.717) is 35.8 Å². The monoisotopic (exact) mass is 419 g/mol. The molecule has 0 aliphatic carbocycles. The maximum atomic E-state index is 12.8. The van der Waals surface area contributed by atoms with Gasteiger partial charge in [0, 0.05) is 29.4 Å². The largest absolute Gasteiger partial charge is 0.333 e. The van der Waals surface area contributed by atoms with E-state index < -0.39 is 6.04 Å². The number of rotatable bonds is 5. The minimum absolute atomic E-state index is 0.0963. The lowest BCUT2D eigenvalue weighted by Crippen LogP contribution is -2.42. The summed E-state index contributed by atoms with van der Waals surface area (Å²) in [6.07, 6.45) is 0.435. The fraction of sp³-hybridized carbons (Fsp3) is 0.167. The standard InChI is InChI=1S/C24H22ClN3O2/c25-20-8-4-5-16(11-20)12-22(26)24(30)28-14-18-9-10-21(13-19(18)15-28)27-23(29)17-6-2-1-3-7-17/h1-11,13,22H,12,14-15,26H2,(H,27,29). The molecule has 6 heteroatoms. The number of nitrogens with zero attached hydrogens (tertiary/aromatic N) is 1. The molecule has 5 nitrogen and oxygen atoms in total. The molecule has 0 aromatic heterocycles. The second kappa shape index (κ2) is 8.69. The predicted molar refractivity (Wildman–Crippen MR) is 118 cm³/mol. The third-order valence-corrected chi connectivity index (χ3v) is 5.43. The smallest absolute Gasteiger partial charge is 0.255 e. The minimum Gasteiger partial charge on any atom is -0.333 e. The second-order valence-corrected chi connectivity index (χ2v) is 7.87. The second-order valence-electron chi connectivity index (χ2n) is 7.44. The molecule has 3 aromatic carbocycles. The van der Waals surface area contributed by atoms with Gasteiger partial charge < -0.3 is 16.0 Å². The van der Waals surface area contributed by atoms with Crippen molar-refractivity contribution in [2.45, 2.75) is 25.6 Å². The number of nitrogens with two attached hydrogens (primary N) is 1. The Hall–Kier alpha value is -3.15. The van der Waals surface area contributed by atoms with Crippen LogP contribution >= 0.6 is 11.6 Å². The summed E-state index contributed by atoms with van der Waals surface area (Å²) in [6, 6.07) is 21.6. The summed E-state index contributed by atoms with van der Waals surface area (Å²) < 4.78 is 0. The van der Waals surface area contributed by atoms with Gasteiger partial charge in [0.05, 0.1) is 6.04 Å². The molecule has 30 heavy (non-hydrogen) atoms. The molecule has 1 aliphatic rings. The van der Waals surface area contributed by atoms with Crippen LogP contribution in [0.3, 0.4) is 0 Å². The van der Waals surface area contributed by atoms with Crippen LogP contribution in [0.25, 0.3) is 0 Å². The van der Waals surface area contributed by atoms with E-state index in [2.05, 4.69) is 5.32 Å². The Bertz CT molecular complexity index is 1080. The number of hydrogen-bond acceptors (Lipinski definition) is 3. The molecule has 0 bridgehead atoms. The predicted octanol–water partition coefficient (Wildman–Crippen LogP) is 4.00. The lowest BCUT2D eigenvalue weighted by Gasteiger charge is -2.20. The molecule has 0 saturated carbocycles. The molecule has 0 fully saturated rings. The number of carbonyl (C=O) groups excluding carboxylic acids is 2. The van der Waals surface area contributed by atoms with Crippen molar-refractivity contribution < 1.29 is 9.59 Å². The third-order valence-electron chi connectivity index (χ3n) is 5.20. The molecule has 1 atom stereocenters.